The monoisotopic (exact) mass is 429 g/mol. The Balaban J connectivity index is 1.53. The van der Waals surface area contributed by atoms with E-state index in [2.05, 4.69) is 0 Å². The number of rotatable bonds is 5. The zero-order valence-corrected chi connectivity index (χ0v) is 17.2. The number of amides is 1. The third-order valence-electron chi connectivity index (χ3n) is 5.19. The number of hydrogen-bond donors (Lipinski definition) is 0. The molecule has 1 amide bonds. The molecule has 0 N–H and O–H groups in total. The number of carbonyl (C=O) groups is 2. The van der Waals surface area contributed by atoms with Crippen molar-refractivity contribution in [3.8, 4) is 16.9 Å². The summed E-state index contributed by atoms with van der Waals surface area (Å²) >= 11 is 6.32. The molecule has 7 heteroatoms. The molecule has 5 nitrogen and oxygen atoms in total. The van der Waals surface area contributed by atoms with E-state index >= 15 is 0 Å². The molecular weight excluding hydrogens is 409 g/mol. The quantitative estimate of drug-likeness (QED) is 0.527. The Kier molecular flexibility index (Phi) is 5.77. The number of hydrogen-bond acceptors (Lipinski definition) is 4. The number of esters is 1. The Bertz CT molecular complexity index is 999. The van der Waals surface area contributed by atoms with Crippen LogP contribution < -0.4 is 4.74 Å². The zero-order chi connectivity index (χ0) is 21.3. The van der Waals surface area contributed by atoms with Crippen LogP contribution in [0.5, 0.6) is 5.75 Å². The molecular formula is C23H21ClFNO4. The van der Waals surface area contributed by atoms with Gasteiger partial charge >= 0.3 is 5.97 Å². The van der Waals surface area contributed by atoms with Gasteiger partial charge < -0.3 is 14.4 Å². The third kappa shape index (κ3) is 4.05. The molecule has 0 radical (unpaired) electrons. The van der Waals surface area contributed by atoms with Gasteiger partial charge in [0.25, 0.3) is 5.91 Å². The van der Waals surface area contributed by atoms with Crippen molar-refractivity contribution in [3.05, 3.63) is 64.7 Å². The van der Waals surface area contributed by atoms with E-state index in [0.717, 1.165) is 16.7 Å². The lowest BCUT2D eigenvalue weighted by atomic mass is 9.95. The van der Waals surface area contributed by atoms with Crippen molar-refractivity contribution in [3.63, 3.8) is 0 Å². The van der Waals surface area contributed by atoms with E-state index in [1.165, 1.54) is 11.0 Å². The molecule has 1 atom stereocenters. The Labute approximate surface area is 179 Å². The van der Waals surface area contributed by atoms with Crippen LogP contribution >= 0.6 is 11.6 Å². The van der Waals surface area contributed by atoms with Crippen molar-refractivity contribution in [2.45, 2.75) is 25.6 Å². The molecule has 0 aromatic heterocycles. The van der Waals surface area contributed by atoms with Gasteiger partial charge in [-0.3, -0.25) is 4.79 Å². The smallest absolute Gasteiger partial charge is 0.330 e. The van der Waals surface area contributed by atoms with E-state index in [9.17, 15) is 14.0 Å². The van der Waals surface area contributed by atoms with Crippen molar-refractivity contribution in [1.29, 1.82) is 0 Å². The summed E-state index contributed by atoms with van der Waals surface area (Å²) in [6.07, 6.45) is 2.37. The van der Waals surface area contributed by atoms with Crippen LogP contribution in [-0.4, -0.2) is 48.7 Å². The predicted molar refractivity (Wildman–Crippen MR) is 112 cm³/mol. The molecule has 2 aromatic carbocycles. The first-order valence-electron chi connectivity index (χ1n) is 9.83. The van der Waals surface area contributed by atoms with E-state index in [0.29, 0.717) is 29.4 Å². The van der Waals surface area contributed by atoms with Crippen molar-refractivity contribution >= 4 is 23.5 Å². The second-order valence-electron chi connectivity index (χ2n) is 7.26. The van der Waals surface area contributed by atoms with E-state index in [1.54, 1.807) is 31.2 Å². The van der Waals surface area contributed by atoms with Gasteiger partial charge in [-0.1, -0.05) is 29.8 Å². The maximum Gasteiger partial charge on any atom is 0.330 e. The maximum atomic E-state index is 13.0. The summed E-state index contributed by atoms with van der Waals surface area (Å²) in [6, 6.07) is 10.9. The molecule has 2 aliphatic heterocycles. The van der Waals surface area contributed by atoms with Gasteiger partial charge in [0.15, 0.2) is 0 Å². The minimum absolute atomic E-state index is 0.156. The standard InChI is InChI=1S/C23H21ClFNO4/c1-2-29-21(27)10-7-17-11-19-18(8-9-20(24)22(19)30-17)14-3-5-15(6-4-14)23(28)26-12-16(25)13-26/h3-10,16-17H,2,11-13H2,1H3/b10-7+. The van der Waals surface area contributed by atoms with Crippen LogP contribution in [0.2, 0.25) is 5.02 Å². The van der Waals surface area contributed by atoms with Gasteiger partial charge in [0.05, 0.1) is 24.7 Å². The van der Waals surface area contributed by atoms with Crippen LogP contribution in [0.25, 0.3) is 11.1 Å². The molecule has 156 valence electrons. The van der Waals surface area contributed by atoms with Gasteiger partial charge in [0.2, 0.25) is 0 Å². The molecule has 30 heavy (non-hydrogen) atoms. The molecule has 0 bridgehead atoms. The van der Waals surface area contributed by atoms with Crippen LogP contribution in [0.15, 0.2) is 48.6 Å². The number of ether oxygens (including phenoxy) is 2. The SMILES string of the molecule is CCOC(=O)/C=C/C1Cc2c(-c3ccc(C(=O)N4CC(F)C4)cc3)ccc(Cl)c2O1. The largest absolute Gasteiger partial charge is 0.484 e. The van der Waals surface area contributed by atoms with Crippen molar-refractivity contribution in [1.82, 2.24) is 4.90 Å². The maximum absolute atomic E-state index is 13.0. The first-order chi connectivity index (χ1) is 14.5. The number of alkyl halides is 1. The predicted octanol–water partition coefficient (Wildman–Crippen LogP) is 4.22. The molecule has 1 unspecified atom stereocenters. The lowest BCUT2D eigenvalue weighted by Gasteiger charge is -2.34. The average molecular weight is 430 g/mol. The number of halogens is 2. The molecule has 0 saturated carbocycles. The number of nitrogens with zero attached hydrogens (tertiary/aromatic N) is 1. The number of likely N-dealkylation sites (tertiary alicyclic amines) is 1. The van der Waals surface area contributed by atoms with Crippen LogP contribution in [0.3, 0.4) is 0 Å². The lowest BCUT2D eigenvalue weighted by molar-refractivity contribution is -0.137. The molecule has 2 aromatic rings. The normalized spacial score (nSPS) is 18.1. The molecule has 0 aliphatic carbocycles. The average Bonchev–Trinajstić information content (AvgIpc) is 3.15. The van der Waals surface area contributed by atoms with Gasteiger partial charge in [0.1, 0.15) is 18.0 Å². The van der Waals surface area contributed by atoms with Gasteiger partial charge in [-0.15, -0.1) is 0 Å². The molecule has 1 saturated heterocycles. The summed E-state index contributed by atoms with van der Waals surface area (Å²) in [5, 5.41) is 0.506. The minimum Gasteiger partial charge on any atom is -0.484 e. The molecule has 2 aliphatic rings. The molecule has 0 spiro atoms. The topological polar surface area (TPSA) is 55.8 Å². The van der Waals surface area contributed by atoms with E-state index in [4.69, 9.17) is 21.1 Å². The van der Waals surface area contributed by atoms with Crippen LogP contribution in [0.1, 0.15) is 22.8 Å². The van der Waals surface area contributed by atoms with Crippen molar-refractivity contribution in [2.75, 3.05) is 19.7 Å². The highest BCUT2D eigenvalue weighted by Crippen LogP contribution is 2.42. The summed E-state index contributed by atoms with van der Waals surface area (Å²) in [7, 11) is 0. The second-order valence-corrected chi connectivity index (χ2v) is 7.67. The summed E-state index contributed by atoms with van der Waals surface area (Å²) in [6.45, 7) is 2.38. The molecule has 4 rings (SSSR count). The third-order valence-corrected chi connectivity index (χ3v) is 5.49. The number of fused-ring (bicyclic) bond motifs is 1. The first kappa shape index (κ1) is 20.4. The van der Waals surface area contributed by atoms with E-state index < -0.39 is 12.1 Å². The first-order valence-corrected chi connectivity index (χ1v) is 10.2. The zero-order valence-electron chi connectivity index (χ0n) is 16.4. The Hall–Kier alpha value is -2.86. The number of benzene rings is 2. The Morgan fingerprint density at radius 1 is 1.23 bits per heavy atom. The van der Waals surface area contributed by atoms with Crippen molar-refractivity contribution in [2.24, 2.45) is 0 Å². The van der Waals surface area contributed by atoms with Gasteiger partial charge in [-0.05, 0) is 42.3 Å². The fourth-order valence-corrected chi connectivity index (χ4v) is 3.86. The minimum atomic E-state index is -0.921. The van der Waals surface area contributed by atoms with E-state index in [1.807, 2.05) is 18.2 Å². The second kappa shape index (κ2) is 8.48. The Morgan fingerprint density at radius 2 is 1.97 bits per heavy atom. The van der Waals surface area contributed by atoms with E-state index in [-0.39, 0.29) is 25.1 Å². The number of carbonyl (C=O) groups excluding carboxylic acids is 2. The summed E-state index contributed by atoms with van der Waals surface area (Å²) in [4.78, 5) is 25.4. The fourth-order valence-electron chi connectivity index (χ4n) is 3.64. The molecule has 1 fully saturated rings. The van der Waals surface area contributed by atoms with Gasteiger partial charge in [-0.25, -0.2) is 9.18 Å². The summed E-state index contributed by atoms with van der Waals surface area (Å²) in [5.41, 5.74) is 3.35. The van der Waals surface area contributed by atoms with Crippen molar-refractivity contribution < 1.29 is 23.5 Å². The van der Waals surface area contributed by atoms with Crippen LogP contribution in [0.4, 0.5) is 4.39 Å². The Morgan fingerprint density at radius 3 is 2.63 bits per heavy atom. The highest BCUT2D eigenvalue weighted by Gasteiger charge is 2.31. The highest BCUT2D eigenvalue weighted by atomic mass is 35.5. The van der Waals surface area contributed by atoms with Crippen LogP contribution in [-0.2, 0) is 16.0 Å². The fraction of sp³-hybridized carbons (Fsp3) is 0.304. The van der Waals surface area contributed by atoms with Crippen LogP contribution in [0, 0.1) is 0 Å². The summed E-state index contributed by atoms with van der Waals surface area (Å²) < 4.78 is 23.8. The van der Waals surface area contributed by atoms with Gasteiger partial charge in [-0.2, -0.15) is 0 Å². The molecule has 2 heterocycles. The lowest BCUT2D eigenvalue weighted by Crippen LogP contribution is -2.51. The highest BCUT2D eigenvalue weighted by molar-refractivity contribution is 6.32. The summed E-state index contributed by atoms with van der Waals surface area (Å²) in [5.74, 6) is 0.0246. The van der Waals surface area contributed by atoms with Gasteiger partial charge in [0, 0.05) is 23.6 Å².